The van der Waals surface area contributed by atoms with Crippen LogP contribution in [0.1, 0.15) is 20.8 Å². The molecule has 3 N–H and O–H groups in total. The van der Waals surface area contributed by atoms with Crippen LogP contribution in [-0.4, -0.2) is 34.9 Å². The van der Waals surface area contributed by atoms with Gasteiger partial charge in [-0.3, -0.25) is 9.59 Å². The van der Waals surface area contributed by atoms with Crippen molar-refractivity contribution in [2.75, 3.05) is 17.7 Å². The molecule has 1 amide bonds. The van der Waals surface area contributed by atoms with Gasteiger partial charge in [0.2, 0.25) is 0 Å². The summed E-state index contributed by atoms with van der Waals surface area (Å²) in [5.74, 6) is -1.63. The molecule has 0 bridgehead atoms. The zero-order valence-corrected chi connectivity index (χ0v) is 14.1. The summed E-state index contributed by atoms with van der Waals surface area (Å²) in [6.45, 7) is 0. The van der Waals surface area contributed by atoms with Gasteiger partial charge in [0, 0.05) is 16.5 Å². The number of Topliss-reactive ketones (excluding diaryl/α,β-unsaturated/α-hetero) is 1. The maximum atomic E-state index is 12.1. The van der Waals surface area contributed by atoms with E-state index in [9.17, 15) is 19.5 Å². The number of hydrogen-bond donors (Lipinski definition) is 3. The number of ether oxygens (including phenoxy) is 1. The fourth-order valence-corrected chi connectivity index (χ4v) is 2.92. The fraction of sp³-hybridized carbons (Fsp3) is 0.0526. The standard InChI is InChI=1S/C19H13N3O5/c1-27-11-5-3-10(4-6-11)20-17-13-8-9(19(25)26)2-7-12(13)14-15(21-17)16(23)18(24)22-14/h2-8H,1H3,(H,20,21)(H,25,26)(H,22,23,24). The number of rotatable bonds is 4. The molecule has 2 heterocycles. The summed E-state index contributed by atoms with van der Waals surface area (Å²) in [7, 11) is 1.56. The predicted molar refractivity (Wildman–Crippen MR) is 97.9 cm³/mol. The lowest BCUT2D eigenvalue weighted by Gasteiger charge is -2.13. The number of pyridine rings is 1. The van der Waals surface area contributed by atoms with Gasteiger partial charge >= 0.3 is 5.97 Å². The molecule has 0 atom stereocenters. The Kier molecular flexibility index (Phi) is 3.73. The minimum Gasteiger partial charge on any atom is -0.497 e. The van der Waals surface area contributed by atoms with Gasteiger partial charge in [0.1, 0.15) is 17.3 Å². The molecule has 0 aliphatic carbocycles. The van der Waals surface area contributed by atoms with Crippen molar-refractivity contribution in [2.45, 2.75) is 0 Å². The summed E-state index contributed by atoms with van der Waals surface area (Å²) in [6, 6.07) is 11.4. The lowest BCUT2D eigenvalue weighted by atomic mass is 10.0. The number of aromatic carboxylic acids is 1. The van der Waals surface area contributed by atoms with Crippen LogP contribution in [0.3, 0.4) is 0 Å². The van der Waals surface area contributed by atoms with E-state index < -0.39 is 17.7 Å². The van der Waals surface area contributed by atoms with Crippen LogP contribution < -0.4 is 15.4 Å². The molecule has 27 heavy (non-hydrogen) atoms. The van der Waals surface area contributed by atoms with E-state index in [1.165, 1.54) is 12.1 Å². The first-order valence-corrected chi connectivity index (χ1v) is 7.95. The van der Waals surface area contributed by atoms with Crippen molar-refractivity contribution in [2.24, 2.45) is 0 Å². The van der Waals surface area contributed by atoms with Gasteiger partial charge < -0.3 is 20.5 Å². The number of nitrogens with one attached hydrogen (secondary N) is 2. The highest BCUT2D eigenvalue weighted by Crippen LogP contribution is 2.36. The van der Waals surface area contributed by atoms with E-state index in [1.807, 2.05) is 0 Å². The fourth-order valence-electron chi connectivity index (χ4n) is 2.92. The van der Waals surface area contributed by atoms with Crippen LogP contribution in [0.4, 0.5) is 17.2 Å². The average molecular weight is 363 g/mol. The Labute approximate surface area is 152 Å². The van der Waals surface area contributed by atoms with Gasteiger partial charge in [0.25, 0.3) is 11.7 Å². The Bertz CT molecular complexity index is 1120. The minimum absolute atomic E-state index is 0.00610. The molecule has 0 unspecified atom stereocenters. The second kappa shape index (κ2) is 6.10. The highest BCUT2D eigenvalue weighted by Gasteiger charge is 2.32. The number of benzene rings is 2. The molecular formula is C19H13N3O5. The number of ketones is 1. The summed E-state index contributed by atoms with van der Waals surface area (Å²) < 4.78 is 5.12. The smallest absolute Gasteiger partial charge is 0.335 e. The van der Waals surface area contributed by atoms with E-state index in [0.29, 0.717) is 22.2 Å². The number of methoxy groups -OCH3 is 1. The van der Waals surface area contributed by atoms with Crippen LogP contribution in [-0.2, 0) is 4.79 Å². The first-order chi connectivity index (χ1) is 13.0. The number of carboxylic acid groups (broad SMARTS) is 1. The molecule has 8 nitrogen and oxygen atoms in total. The molecule has 1 aromatic heterocycles. The summed E-state index contributed by atoms with van der Waals surface area (Å²) in [6.07, 6.45) is 0. The van der Waals surface area contributed by atoms with Crippen LogP contribution in [0.15, 0.2) is 42.5 Å². The van der Waals surface area contributed by atoms with Crippen LogP contribution in [0.25, 0.3) is 10.8 Å². The molecular weight excluding hydrogens is 350 g/mol. The Morgan fingerprint density at radius 3 is 2.52 bits per heavy atom. The van der Waals surface area contributed by atoms with Crippen molar-refractivity contribution in [1.29, 1.82) is 0 Å². The van der Waals surface area contributed by atoms with E-state index >= 15 is 0 Å². The molecule has 0 fully saturated rings. The summed E-state index contributed by atoms with van der Waals surface area (Å²) in [5, 5.41) is 15.9. The van der Waals surface area contributed by atoms with E-state index in [2.05, 4.69) is 15.6 Å². The van der Waals surface area contributed by atoms with Crippen LogP contribution in [0, 0.1) is 0 Å². The number of carbonyl (C=O) groups excluding carboxylic acids is 2. The van der Waals surface area contributed by atoms with E-state index in [-0.39, 0.29) is 22.8 Å². The van der Waals surface area contributed by atoms with Gasteiger partial charge in [0.15, 0.2) is 0 Å². The van der Waals surface area contributed by atoms with E-state index in [1.54, 1.807) is 37.4 Å². The Morgan fingerprint density at radius 1 is 1.11 bits per heavy atom. The maximum absolute atomic E-state index is 12.1. The number of nitrogens with zero attached hydrogens (tertiary/aromatic N) is 1. The second-order valence-corrected chi connectivity index (χ2v) is 5.89. The first-order valence-electron chi connectivity index (χ1n) is 7.95. The van der Waals surface area contributed by atoms with Gasteiger partial charge in [-0.15, -0.1) is 0 Å². The van der Waals surface area contributed by atoms with Gasteiger partial charge in [-0.2, -0.15) is 0 Å². The minimum atomic E-state index is -1.09. The Hall–Kier alpha value is -3.94. The molecule has 0 radical (unpaired) electrons. The summed E-state index contributed by atoms with van der Waals surface area (Å²) in [5.41, 5.74) is 1.02. The number of carboxylic acids is 1. The normalized spacial score (nSPS) is 12.6. The van der Waals surface area contributed by atoms with Crippen LogP contribution >= 0.6 is 0 Å². The average Bonchev–Trinajstić information content (AvgIpc) is 2.96. The van der Waals surface area contributed by atoms with Crippen LogP contribution in [0.5, 0.6) is 5.75 Å². The lowest BCUT2D eigenvalue weighted by molar-refractivity contribution is -0.112. The molecule has 3 aromatic rings. The van der Waals surface area contributed by atoms with Gasteiger partial charge in [-0.25, -0.2) is 9.78 Å². The third-order valence-corrected chi connectivity index (χ3v) is 4.26. The highest BCUT2D eigenvalue weighted by atomic mass is 16.5. The SMILES string of the molecule is COc1ccc(Nc2nc3c(c4ccc(C(=O)O)cc24)NC(=O)C3=O)cc1. The van der Waals surface area contributed by atoms with Crippen LogP contribution in [0.2, 0.25) is 0 Å². The van der Waals surface area contributed by atoms with Crippen molar-refractivity contribution in [3.63, 3.8) is 0 Å². The maximum Gasteiger partial charge on any atom is 0.335 e. The number of carbonyl (C=O) groups is 3. The number of amides is 1. The molecule has 0 saturated carbocycles. The van der Waals surface area contributed by atoms with Gasteiger partial charge in [-0.05, 0) is 36.4 Å². The lowest BCUT2D eigenvalue weighted by Crippen LogP contribution is -2.13. The third-order valence-electron chi connectivity index (χ3n) is 4.26. The molecule has 0 saturated heterocycles. The zero-order valence-electron chi connectivity index (χ0n) is 14.1. The number of anilines is 3. The van der Waals surface area contributed by atoms with Crippen molar-refractivity contribution < 1.29 is 24.2 Å². The molecule has 134 valence electrons. The van der Waals surface area contributed by atoms with Gasteiger partial charge in [0.05, 0.1) is 18.4 Å². The highest BCUT2D eigenvalue weighted by molar-refractivity contribution is 6.52. The van der Waals surface area contributed by atoms with Crippen molar-refractivity contribution in [1.82, 2.24) is 4.98 Å². The topological polar surface area (TPSA) is 118 Å². The van der Waals surface area contributed by atoms with E-state index in [0.717, 1.165) is 0 Å². The van der Waals surface area contributed by atoms with Crippen molar-refractivity contribution in [3.05, 3.63) is 53.7 Å². The second-order valence-electron chi connectivity index (χ2n) is 5.89. The molecule has 4 rings (SSSR count). The molecule has 1 aliphatic heterocycles. The Balaban J connectivity index is 1.90. The molecule has 2 aromatic carbocycles. The molecule has 1 aliphatic rings. The Morgan fingerprint density at radius 2 is 1.85 bits per heavy atom. The largest absolute Gasteiger partial charge is 0.497 e. The number of fused-ring (bicyclic) bond motifs is 3. The van der Waals surface area contributed by atoms with E-state index in [4.69, 9.17) is 4.74 Å². The van der Waals surface area contributed by atoms with Crippen molar-refractivity contribution in [3.8, 4) is 5.75 Å². The summed E-state index contributed by atoms with van der Waals surface area (Å²) in [4.78, 5) is 39.5. The van der Waals surface area contributed by atoms with Gasteiger partial charge in [-0.1, -0.05) is 6.07 Å². The quantitative estimate of drug-likeness (QED) is 0.610. The molecule has 0 spiro atoms. The zero-order chi connectivity index (χ0) is 19.1. The summed E-state index contributed by atoms with van der Waals surface area (Å²) >= 11 is 0. The number of aromatic nitrogens is 1. The third kappa shape index (κ3) is 2.73. The number of hydrogen-bond acceptors (Lipinski definition) is 6. The predicted octanol–water partition coefficient (Wildman–Crippen LogP) is 2.82. The first kappa shape index (κ1) is 16.5. The molecule has 8 heteroatoms. The monoisotopic (exact) mass is 363 g/mol. The van der Waals surface area contributed by atoms with Crippen molar-refractivity contribution >= 4 is 45.6 Å².